The molecule has 1 saturated heterocycles. The number of hydrogen-bond donors (Lipinski definition) is 2. The molecule has 1 aromatic heterocycles. The molecule has 1 aliphatic rings. The van der Waals surface area contributed by atoms with Gasteiger partial charge in [-0.15, -0.1) is 11.3 Å². The number of amides is 1. The third kappa shape index (κ3) is 6.18. The average molecular weight is 340 g/mol. The van der Waals surface area contributed by atoms with Gasteiger partial charge in [0.25, 0.3) is 5.91 Å². The second kappa shape index (κ2) is 9.32. The van der Waals surface area contributed by atoms with E-state index >= 15 is 0 Å². The van der Waals surface area contributed by atoms with Gasteiger partial charge in [0, 0.05) is 31.4 Å². The molecule has 0 aromatic carbocycles. The van der Waals surface area contributed by atoms with Gasteiger partial charge in [-0.2, -0.15) is 0 Å². The zero-order valence-electron chi connectivity index (χ0n) is 14.3. The molecule has 0 atom stereocenters. The predicted molar refractivity (Wildman–Crippen MR) is 94.9 cm³/mol. The molecule has 1 aliphatic heterocycles. The maximum Gasteiger partial charge on any atom is 0.270 e. The highest BCUT2D eigenvalue weighted by Crippen LogP contribution is 2.16. The zero-order chi connectivity index (χ0) is 16.7. The fourth-order valence-electron chi connectivity index (χ4n) is 2.74. The summed E-state index contributed by atoms with van der Waals surface area (Å²) in [5, 5.41) is 5.80. The molecular formula is C16H29N5OS. The quantitative estimate of drug-likeness (QED) is 0.727. The molecule has 2 rings (SSSR count). The number of carbonyl (C=O) groups excluding carboxylic acids is 1. The summed E-state index contributed by atoms with van der Waals surface area (Å²) in [6.45, 7) is 5.83. The van der Waals surface area contributed by atoms with Crippen molar-refractivity contribution in [3.8, 4) is 0 Å². The maximum atomic E-state index is 12.1. The molecule has 130 valence electrons. The largest absolute Gasteiger partial charge is 0.350 e. The number of nitrogens with zero attached hydrogens (tertiary/aromatic N) is 3. The van der Waals surface area contributed by atoms with E-state index in [0.717, 1.165) is 57.0 Å². The first-order valence-electron chi connectivity index (χ1n) is 8.38. The van der Waals surface area contributed by atoms with Crippen molar-refractivity contribution in [2.45, 2.75) is 19.3 Å². The molecule has 0 unspecified atom stereocenters. The third-order valence-corrected chi connectivity index (χ3v) is 5.17. The zero-order valence-corrected chi connectivity index (χ0v) is 15.1. The van der Waals surface area contributed by atoms with Crippen molar-refractivity contribution in [1.82, 2.24) is 20.1 Å². The number of rotatable bonds is 8. The van der Waals surface area contributed by atoms with E-state index in [9.17, 15) is 4.79 Å². The number of aromatic nitrogens is 1. The Morgan fingerprint density at radius 3 is 2.87 bits per heavy atom. The minimum atomic E-state index is -0.0560. The van der Waals surface area contributed by atoms with Crippen LogP contribution in [0.1, 0.15) is 28.3 Å². The van der Waals surface area contributed by atoms with Crippen molar-refractivity contribution in [3.05, 3.63) is 16.1 Å². The van der Waals surface area contributed by atoms with Crippen LogP contribution >= 0.6 is 11.3 Å². The Hall–Kier alpha value is -1.02. The molecular weight excluding hydrogens is 310 g/mol. The van der Waals surface area contributed by atoms with Gasteiger partial charge in [-0.05, 0) is 52.5 Å². The van der Waals surface area contributed by atoms with Crippen molar-refractivity contribution >= 4 is 17.2 Å². The Balaban J connectivity index is 1.67. The van der Waals surface area contributed by atoms with Crippen molar-refractivity contribution in [3.63, 3.8) is 0 Å². The second-order valence-electron chi connectivity index (χ2n) is 6.46. The highest BCUT2D eigenvalue weighted by atomic mass is 32.1. The molecule has 0 saturated carbocycles. The Bertz CT molecular complexity index is 483. The number of carbonyl (C=O) groups is 1. The van der Waals surface area contributed by atoms with Crippen LogP contribution in [0.4, 0.5) is 0 Å². The number of nitrogens with two attached hydrogens (primary N) is 1. The molecule has 0 bridgehead atoms. The van der Waals surface area contributed by atoms with Gasteiger partial charge in [0.15, 0.2) is 0 Å². The topological polar surface area (TPSA) is 74.5 Å². The minimum absolute atomic E-state index is 0.0560. The van der Waals surface area contributed by atoms with Crippen molar-refractivity contribution in [2.75, 3.05) is 53.4 Å². The van der Waals surface area contributed by atoms with Crippen LogP contribution < -0.4 is 11.1 Å². The fraction of sp³-hybridized carbons (Fsp3) is 0.750. The monoisotopic (exact) mass is 339 g/mol. The summed E-state index contributed by atoms with van der Waals surface area (Å²) >= 11 is 1.51. The van der Waals surface area contributed by atoms with Gasteiger partial charge in [-0.1, -0.05) is 0 Å². The smallest absolute Gasteiger partial charge is 0.270 e. The summed E-state index contributed by atoms with van der Waals surface area (Å²) in [6, 6.07) is 0. The Morgan fingerprint density at radius 1 is 1.48 bits per heavy atom. The van der Waals surface area contributed by atoms with E-state index in [1.807, 2.05) is 5.38 Å². The third-order valence-electron chi connectivity index (χ3n) is 4.26. The van der Waals surface area contributed by atoms with Gasteiger partial charge in [0.2, 0.25) is 0 Å². The maximum absolute atomic E-state index is 12.1. The molecule has 7 heteroatoms. The van der Waals surface area contributed by atoms with Crippen molar-refractivity contribution < 1.29 is 4.79 Å². The summed E-state index contributed by atoms with van der Waals surface area (Å²) in [5.41, 5.74) is 6.04. The van der Waals surface area contributed by atoms with Gasteiger partial charge >= 0.3 is 0 Å². The van der Waals surface area contributed by atoms with E-state index in [1.54, 1.807) is 0 Å². The lowest BCUT2D eigenvalue weighted by atomic mass is 9.97. The second-order valence-corrected chi connectivity index (χ2v) is 7.41. The van der Waals surface area contributed by atoms with Gasteiger partial charge < -0.3 is 20.9 Å². The Kier molecular flexibility index (Phi) is 7.42. The fourth-order valence-corrected chi connectivity index (χ4v) is 3.53. The van der Waals surface area contributed by atoms with Crippen LogP contribution in [0.5, 0.6) is 0 Å². The highest BCUT2D eigenvalue weighted by molar-refractivity contribution is 7.09. The molecule has 1 fully saturated rings. The van der Waals surface area contributed by atoms with E-state index in [1.165, 1.54) is 11.3 Å². The summed E-state index contributed by atoms with van der Waals surface area (Å²) in [4.78, 5) is 21.2. The number of thiazole rings is 1. The van der Waals surface area contributed by atoms with E-state index in [-0.39, 0.29) is 5.91 Å². The molecule has 6 nitrogen and oxygen atoms in total. The lowest BCUT2D eigenvalue weighted by molar-refractivity contribution is 0.0930. The summed E-state index contributed by atoms with van der Waals surface area (Å²) in [6.07, 6.45) is 3.05. The van der Waals surface area contributed by atoms with Gasteiger partial charge in [-0.3, -0.25) is 4.79 Å². The van der Waals surface area contributed by atoms with Crippen LogP contribution in [-0.2, 0) is 6.42 Å². The summed E-state index contributed by atoms with van der Waals surface area (Å²) in [5.74, 6) is 0.524. The molecule has 0 radical (unpaired) electrons. The highest BCUT2D eigenvalue weighted by Gasteiger charge is 2.20. The predicted octanol–water partition coefficient (Wildman–Crippen LogP) is 0.648. The van der Waals surface area contributed by atoms with E-state index in [0.29, 0.717) is 18.2 Å². The molecule has 1 amide bonds. The summed E-state index contributed by atoms with van der Waals surface area (Å²) in [7, 11) is 4.22. The Morgan fingerprint density at radius 2 is 2.22 bits per heavy atom. The molecule has 3 N–H and O–H groups in total. The SMILES string of the molecule is CN(C)CCN1CCC(CNC(=O)c2csc(CCN)n2)CC1. The van der Waals surface area contributed by atoms with Gasteiger partial charge in [-0.25, -0.2) is 4.98 Å². The van der Waals surface area contributed by atoms with Crippen LogP contribution in [0.25, 0.3) is 0 Å². The number of piperidine rings is 1. The number of likely N-dealkylation sites (tertiary alicyclic amines) is 1. The summed E-state index contributed by atoms with van der Waals surface area (Å²) < 4.78 is 0. The van der Waals surface area contributed by atoms with Crippen LogP contribution in [-0.4, -0.2) is 74.1 Å². The normalized spacial score (nSPS) is 16.9. The van der Waals surface area contributed by atoms with E-state index in [4.69, 9.17) is 5.73 Å². The lowest BCUT2D eigenvalue weighted by Gasteiger charge is -2.32. The Labute approximate surface area is 143 Å². The molecule has 0 spiro atoms. The van der Waals surface area contributed by atoms with Crippen LogP contribution in [0.3, 0.4) is 0 Å². The standard InChI is InChI=1S/C16H29N5OS/c1-20(2)9-10-21-7-4-13(5-8-21)11-18-16(22)14-12-23-15(19-14)3-6-17/h12-13H,3-11,17H2,1-2H3,(H,18,22). The van der Waals surface area contributed by atoms with E-state index in [2.05, 4.69) is 34.2 Å². The van der Waals surface area contributed by atoms with Gasteiger partial charge in [0.05, 0.1) is 5.01 Å². The number of hydrogen-bond acceptors (Lipinski definition) is 6. The first-order chi connectivity index (χ1) is 11.1. The van der Waals surface area contributed by atoms with Crippen LogP contribution in [0.2, 0.25) is 0 Å². The number of nitrogens with one attached hydrogen (secondary N) is 1. The number of likely N-dealkylation sites (N-methyl/N-ethyl adjacent to an activating group) is 1. The van der Waals surface area contributed by atoms with Crippen molar-refractivity contribution in [1.29, 1.82) is 0 Å². The van der Waals surface area contributed by atoms with Crippen LogP contribution in [0.15, 0.2) is 5.38 Å². The molecule has 1 aromatic rings. The molecule has 23 heavy (non-hydrogen) atoms. The average Bonchev–Trinajstić information content (AvgIpc) is 3.00. The van der Waals surface area contributed by atoms with Crippen molar-refractivity contribution in [2.24, 2.45) is 11.7 Å². The molecule has 2 heterocycles. The van der Waals surface area contributed by atoms with Gasteiger partial charge in [0.1, 0.15) is 5.69 Å². The first kappa shape index (κ1) is 18.3. The lowest BCUT2D eigenvalue weighted by Crippen LogP contribution is -2.41. The first-order valence-corrected chi connectivity index (χ1v) is 9.26. The molecule has 0 aliphatic carbocycles. The minimum Gasteiger partial charge on any atom is -0.350 e. The van der Waals surface area contributed by atoms with Crippen LogP contribution in [0, 0.1) is 5.92 Å². The van der Waals surface area contributed by atoms with E-state index < -0.39 is 0 Å².